The van der Waals surface area contributed by atoms with Crippen LogP contribution in [0.25, 0.3) is 0 Å². The fourth-order valence-electron chi connectivity index (χ4n) is 3.39. The summed E-state index contributed by atoms with van der Waals surface area (Å²) in [5.41, 5.74) is 1.96. The van der Waals surface area contributed by atoms with Crippen LogP contribution in [0.1, 0.15) is 32.3 Å². The van der Waals surface area contributed by atoms with Crippen molar-refractivity contribution in [2.75, 3.05) is 22.8 Å². The van der Waals surface area contributed by atoms with Crippen LogP contribution in [-0.2, 0) is 14.8 Å². The molecule has 6 nitrogen and oxygen atoms in total. The van der Waals surface area contributed by atoms with Gasteiger partial charge in [-0.25, -0.2) is 8.42 Å². The van der Waals surface area contributed by atoms with Crippen LogP contribution in [0.2, 0.25) is 0 Å². The third kappa shape index (κ3) is 5.29. The lowest BCUT2D eigenvalue weighted by atomic mass is 10.0. The van der Waals surface area contributed by atoms with E-state index in [4.69, 9.17) is 4.74 Å². The van der Waals surface area contributed by atoms with Gasteiger partial charge in [-0.2, -0.15) is 0 Å². The van der Waals surface area contributed by atoms with E-state index in [9.17, 15) is 13.2 Å². The summed E-state index contributed by atoms with van der Waals surface area (Å²) in [4.78, 5) is 13.2. The number of ether oxygens (including phenoxy) is 1. The van der Waals surface area contributed by atoms with Crippen molar-refractivity contribution in [1.29, 1.82) is 0 Å². The Balaban J connectivity index is 2.00. The maximum atomic E-state index is 13.5. The van der Waals surface area contributed by atoms with Crippen LogP contribution in [0.5, 0.6) is 5.75 Å². The molecule has 168 valence electrons. The minimum absolute atomic E-state index is 0.0988. The molecule has 32 heavy (non-hydrogen) atoms. The largest absolute Gasteiger partial charge is 0.492 e. The van der Waals surface area contributed by atoms with Crippen molar-refractivity contribution in [1.82, 2.24) is 0 Å². The molecule has 0 aliphatic carbocycles. The number of hydrogen-bond acceptors (Lipinski definition) is 4. The SMILES string of the molecule is CCOc1ccccc1N(CC(=O)Nc1ccccc1C(C)C)S(=O)(=O)c1ccccc1. The van der Waals surface area contributed by atoms with Crippen molar-refractivity contribution in [2.24, 2.45) is 0 Å². The first-order chi connectivity index (χ1) is 15.3. The molecule has 0 atom stereocenters. The number of benzene rings is 3. The zero-order chi connectivity index (χ0) is 23.1. The summed E-state index contributed by atoms with van der Waals surface area (Å²) in [6.07, 6.45) is 0. The minimum atomic E-state index is -4.02. The van der Waals surface area contributed by atoms with Gasteiger partial charge in [0.2, 0.25) is 5.91 Å². The molecule has 0 aliphatic rings. The van der Waals surface area contributed by atoms with Gasteiger partial charge in [-0.15, -0.1) is 0 Å². The van der Waals surface area contributed by atoms with E-state index in [1.807, 2.05) is 45.0 Å². The Morgan fingerprint density at radius 2 is 1.56 bits per heavy atom. The van der Waals surface area contributed by atoms with E-state index in [1.54, 1.807) is 42.5 Å². The summed E-state index contributed by atoms with van der Waals surface area (Å²) < 4.78 is 33.8. The van der Waals surface area contributed by atoms with Gasteiger partial charge in [0, 0.05) is 5.69 Å². The van der Waals surface area contributed by atoms with Crippen LogP contribution < -0.4 is 14.4 Å². The highest BCUT2D eigenvalue weighted by molar-refractivity contribution is 7.92. The van der Waals surface area contributed by atoms with Crippen LogP contribution in [0.3, 0.4) is 0 Å². The molecule has 0 aromatic heterocycles. The van der Waals surface area contributed by atoms with Gasteiger partial charge in [0.05, 0.1) is 17.2 Å². The molecule has 0 saturated carbocycles. The Kier molecular flexibility index (Phi) is 7.53. The molecule has 0 bridgehead atoms. The molecule has 0 aliphatic heterocycles. The van der Waals surface area contributed by atoms with E-state index in [1.165, 1.54) is 12.1 Å². The number of para-hydroxylation sites is 3. The molecular formula is C25H28N2O4S. The van der Waals surface area contributed by atoms with Gasteiger partial charge in [-0.1, -0.05) is 62.4 Å². The van der Waals surface area contributed by atoms with Crippen molar-refractivity contribution >= 4 is 27.3 Å². The third-order valence-electron chi connectivity index (χ3n) is 4.91. The molecule has 3 rings (SSSR count). The number of rotatable bonds is 9. The molecule has 0 saturated heterocycles. The molecule has 3 aromatic carbocycles. The summed E-state index contributed by atoms with van der Waals surface area (Å²) in [5, 5.41) is 2.88. The first-order valence-corrected chi connectivity index (χ1v) is 12.0. The van der Waals surface area contributed by atoms with Crippen molar-refractivity contribution in [3.63, 3.8) is 0 Å². The van der Waals surface area contributed by atoms with Gasteiger partial charge in [0.1, 0.15) is 12.3 Å². The van der Waals surface area contributed by atoms with Crippen LogP contribution in [-0.4, -0.2) is 27.5 Å². The molecule has 0 fully saturated rings. The maximum Gasteiger partial charge on any atom is 0.264 e. The summed E-state index contributed by atoms with van der Waals surface area (Å²) in [5.74, 6) is 0.156. The lowest BCUT2D eigenvalue weighted by molar-refractivity contribution is -0.114. The molecule has 7 heteroatoms. The highest BCUT2D eigenvalue weighted by Crippen LogP contribution is 2.32. The third-order valence-corrected chi connectivity index (χ3v) is 6.68. The van der Waals surface area contributed by atoms with Crippen molar-refractivity contribution < 1.29 is 17.9 Å². The Morgan fingerprint density at radius 1 is 0.938 bits per heavy atom. The predicted molar refractivity (Wildman–Crippen MR) is 128 cm³/mol. The Morgan fingerprint density at radius 3 is 2.25 bits per heavy atom. The molecule has 0 radical (unpaired) electrons. The van der Waals surface area contributed by atoms with Gasteiger partial charge in [-0.3, -0.25) is 9.10 Å². The lowest BCUT2D eigenvalue weighted by Crippen LogP contribution is -2.38. The topological polar surface area (TPSA) is 75.7 Å². The molecule has 0 spiro atoms. The number of anilines is 2. The molecule has 1 N–H and O–H groups in total. The quantitative estimate of drug-likeness (QED) is 0.493. The second-order valence-corrected chi connectivity index (χ2v) is 9.38. The first-order valence-electron chi connectivity index (χ1n) is 10.5. The monoisotopic (exact) mass is 452 g/mol. The van der Waals surface area contributed by atoms with Crippen molar-refractivity contribution in [3.05, 3.63) is 84.4 Å². The van der Waals surface area contributed by atoms with Gasteiger partial charge in [-0.05, 0) is 48.7 Å². The fourth-order valence-corrected chi connectivity index (χ4v) is 4.85. The summed E-state index contributed by atoms with van der Waals surface area (Å²) in [7, 11) is -4.02. The predicted octanol–water partition coefficient (Wildman–Crippen LogP) is 5.04. The first kappa shape index (κ1) is 23.3. The molecular weight excluding hydrogens is 424 g/mol. The maximum absolute atomic E-state index is 13.5. The average Bonchev–Trinajstić information content (AvgIpc) is 2.79. The van der Waals surface area contributed by atoms with Crippen LogP contribution in [0, 0.1) is 0 Å². The van der Waals surface area contributed by atoms with Gasteiger partial charge in [0.25, 0.3) is 10.0 Å². The van der Waals surface area contributed by atoms with Gasteiger partial charge in [0.15, 0.2) is 0 Å². The number of nitrogens with zero attached hydrogens (tertiary/aromatic N) is 1. The van der Waals surface area contributed by atoms with Gasteiger partial charge >= 0.3 is 0 Å². The van der Waals surface area contributed by atoms with Crippen molar-refractivity contribution in [2.45, 2.75) is 31.6 Å². The van der Waals surface area contributed by atoms with E-state index in [0.29, 0.717) is 23.7 Å². The van der Waals surface area contributed by atoms with E-state index >= 15 is 0 Å². The standard InChI is InChI=1S/C25H28N2O4S/c1-4-31-24-17-11-10-16-23(24)27(32(29,30)20-12-6-5-7-13-20)18-25(28)26-22-15-9-8-14-21(22)19(2)3/h5-17,19H,4,18H2,1-3H3,(H,26,28). The number of amides is 1. The molecule has 0 unspecified atom stereocenters. The highest BCUT2D eigenvalue weighted by Gasteiger charge is 2.29. The minimum Gasteiger partial charge on any atom is -0.492 e. The lowest BCUT2D eigenvalue weighted by Gasteiger charge is -2.26. The smallest absolute Gasteiger partial charge is 0.264 e. The Hall–Kier alpha value is -3.32. The summed E-state index contributed by atoms with van der Waals surface area (Å²) in [6, 6.07) is 22.4. The number of carbonyl (C=O) groups is 1. The second-order valence-electron chi connectivity index (χ2n) is 7.52. The second kappa shape index (κ2) is 10.3. The zero-order valence-corrected chi connectivity index (χ0v) is 19.3. The van der Waals surface area contributed by atoms with Crippen LogP contribution in [0.15, 0.2) is 83.8 Å². The summed E-state index contributed by atoms with van der Waals surface area (Å²) in [6.45, 7) is 5.87. The number of nitrogens with one attached hydrogen (secondary N) is 1. The molecule has 3 aromatic rings. The number of sulfonamides is 1. The van der Waals surface area contributed by atoms with Gasteiger partial charge < -0.3 is 10.1 Å². The van der Waals surface area contributed by atoms with Crippen LogP contribution >= 0.6 is 0 Å². The normalized spacial score (nSPS) is 11.2. The van der Waals surface area contributed by atoms with E-state index in [0.717, 1.165) is 9.87 Å². The van der Waals surface area contributed by atoms with E-state index in [2.05, 4.69) is 5.32 Å². The van der Waals surface area contributed by atoms with E-state index in [-0.39, 0.29) is 10.8 Å². The molecule has 1 amide bonds. The average molecular weight is 453 g/mol. The fraction of sp³-hybridized carbons (Fsp3) is 0.240. The van der Waals surface area contributed by atoms with Crippen molar-refractivity contribution in [3.8, 4) is 5.75 Å². The zero-order valence-electron chi connectivity index (χ0n) is 18.5. The summed E-state index contributed by atoms with van der Waals surface area (Å²) >= 11 is 0. The molecule has 0 heterocycles. The number of carbonyl (C=O) groups excluding carboxylic acids is 1. The van der Waals surface area contributed by atoms with Crippen LogP contribution in [0.4, 0.5) is 11.4 Å². The number of hydrogen-bond donors (Lipinski definition) is 1. The Labute approximate surface area is 189 Å². The highest BCUT2D eigenvalue weighted by atomic mass is 32.2. The van der Waals surface area contributed by atoms with E-state index < -0.39 is 22.5 Å². The Bertz CT molecular complexity index is 1160.